The lowest BCUT2D eigenvalue weighted by atomic mass is 10.1. The topological polar surface area (TPSA) is 59.1 Å². The van der Waals surface area contributed by atoms with Crippen LogP contribution in [0.2, 0.25) is 0 Å². The summed E-state index contributed by atoms with van der Waals surface area (Å²) in [7, 11) is 1.55. The Bertz CT molecular complexity index is 1040. The molecule has 0 spiro atoms. The highest BCUT2D eigenvalue weighted by atomic mass is 19.4. The summed E-state index contributed by atoms with van der Waals surface area (Å²) in [6.07, 6.45) is -0.515. The van der Waals surface area contributed by atoms with E-state index in [9.17, 15) is 22.8 Å². The van der Waals surface area contributed by atoms with E-state index < -0.39 is 17.6 Å². The highest BCUT2D eigenvalue weighted by molar-refractivity contribution is 5.95. The summed E-state index contributed by atoms with van der Waals surface area (Å²) in [5.74, 6) is 0.516. The van der Waals surface area contributed by atoms with Gasteiger partial charge in [-0.25, -0.2) is 0 Å². The molecule has 0 saturated carbocycles. The fourth-order valence-corrected chi connectivity index (χ4v) is 3.53. The van der Waals surface area contributed by atoms with Crippen molar-refractivity contribution in [3.8, 4) is 11.5 Å². The summed E-state index contributed by atoms with van der Waals surface area (Å²) < 4.78 is 49.8. The van der Waals surface area contributed by atoms with Crippen LogP contribution in [0.4, 0.5) is 13.2 Å². The molecule has 1 aliphatic heterocycles. The van der Waals surface area contributed by atoms with E-state index >= 15 is 0 Å². The van der Waals surface area contributed by atoms with E-state index in [1.807, 2.05) is 13.0 Å². The van der Waals surface area contributed by atoms with Gasteiger partial charge in [-0.1, -0.05) is 19.1 Å². The first-order valence-electron chi connectivity index (χ1n) is 11.0. The lowest BCUT2D eigenvalue weighted by Crippen LogP contribution is -2.50. The van der Waals surface area contributed by atoms with Gasteiger partial charge in [0, 0.05) is 37.8 Å². The number of ether oxygens (including phenoxy) is 2. The average Bonchev–Trinajstić information content (AvgIpc) is 2.85. The number of carbonyl (C=O) groups is 2. The first kappa shape index (κ1) is 25.1. The van der Waals surface area contributed by atoms with Crippen LogP contribution in [-0.4, -0.2) is 61.5 Å². The molecule has 34 heavy (non-hydrogen) atoms. The number of piperazine rings is 1. The van der Waals surface area contributed by atoms with Crippen molar-refractivity contribution in [2.75, 3.05) is 39.9 Å². The number of rotatable bonds is 7. The number of hydrogen-bond donors (Lipinski definition) is 0. The number of nitrogens with zero attached hydrogens (tertiary/aromatic N) is 2. The van der Waals surface area contributed by atoms with Crippen molar-refractivity contribution in [1.29, 1.82) is 0 Å². The fourth-order valence-electron chi connectivity index (χ4n) is 3.53. The minimum Gasteiger partial charge on any atom is -0.493 e. The molecule has 9 heteroatoms. The zero-order valence-electron chi connectivity index (χ0n) is 19.1. The van der Waals surface area contributed by atoms with E-state index in [1.54, 1.807) is 30.2 Å². The van der Waals surface area contributed by atoms with Gasteiger partial charge in [-0.3, -0.25) is 9.59 Å². The monoisotopic (exact) mass is 476 g/mol. The van der Waals surface area contributed by atoms with Crippen molar-refractivity contribution in [2.45, 2.75) is 19.5 Å². The molecule has 1 heterocycles. The molecular formula is C25H27F3N2O4. The van der Waals surface area contributed by atoms with Gasteiger partial charge in [0.2, 0.25) is 5.91 Å². The van der Waals surface area contributed by atoms with E-state index in [1.165, 1.54) is 23.1 Å². The summed E-state index contributed by atoms with van der Waals surface area (Å²) >= 11 is 0. The standard InChI is InChI=1S/C25H27F3N2O4/c1-3-15-34-21-9-7-18(16-22(21)33-2)8-10-23(31)29-11-13-30(14-12-29)24(32)19-5-4-6-20(17-19)25(26,27)28/h4-10,16-17H,3,11-15H2,1-2H3. The van der Waals surface area contributed by atoms with Crippen LogP contribution in [-0.2, 0) is 11.0 Å². The van der Waals surface area contributed by atoms with Gasteiger partial charge in [-0.2, -0.15) is 13.2 Å². The van der Waals surface area contributed by atoms with Gasteiger partial charge in [0.1, 0.15) is 0 Å². The maximum atomic E-state index is 12.9. The molecule has 0 aliphatic carbocycles. The molecule has 0 unspecified atom stereocenters. The third kappa shape index (κ3) is 6.30. The molecular weight excluding hydrogens is 449 g/mol. The molecule has 0 aromatic heterocycles. The van der Waals surface area contributed by atoms with Crippen molar-refractivity contribution >= 4 is 17.9 Å². The van der Waals surface area contributed by atoms with Crippen LogP contribution in [0.5, 0.6) is 11.5 Å². The lowest BCUT2D eigenvalue weighted by molar-refractivity contribution is -0.137. The molecule has 1 fully saturated rings. The maximum absolute atomic E-state index is 12.9. The summed E-state index contributed by atoms with van der Waals surface area (Å²) in [4.78, 5) is 28.3. The lowest BCUT2D eigenvalue weighted by Gasteiger charge is -2.34. The fraction of sp³-hybridized carbons (Fsp3) is 0.360. The normalized spacial score (nSPS) is 14.4. The van der Waals surface area contributed by atoms with Gasteiger partial charge >= 0.3 is 6.18 Å². The van der Waals surface area contributed by atoms with Crippen molar-refractivity contribution in [1.82, 2.24) is 9.80 Å². The number of benzene rings is 2. The Labute approximate surface area is 196 Å². The third-order valence-corrected chi connectivity index (χ3v) is 5.38. The van der Waals surface area contributed by atoms with Crippen LogP contribution in [0.3, 0.4) is 0 Å². The summed E-state index contributed by atoms with van der Waals surface area (Å²) in [5, 5.41) is 0. The third-order valence-electron chi connectivity index (χ3n) is 5.38. The Kier molecular flexibility index (Phi) is 8.20. The van der Waals surface area contributed by atoms with E-state index in [0.717, 1.165) is 24.1 Å². The number of amides is 2. The van der Waals surface area contributed by atoms with Crippen LogP contribution in [0.25, 0.3) is 6.08 Å². The first-order chi connectivity index (χ1) is 16.2. The second kappa shape index (κ2) is 11.1. The summed E-state index contributed by atoms with van der Waals surface area (Å²) in [6, 6.07) is 9.76. The molecule has 6 nitrogen and oxygen atoms in total. The highest BCUT2D eigenvalue weighted by Crippen LogP contribution is 2.30. The van der Waals surface area contributed by atoms with Crippen molar-refractivity contribution in [3.63, 3.8) is 0 Å². The minimum atomic E-state index is -4.51. The van der Waals surface area contributed by atoms with Crippen molar-refractivity contribution < 1.29 is 32.2 Å². The molecule has 0 atom stereocenters. The number of carbonyl (C=O) groups excluding carboxylic acids is 2. The minimum absolute atomic E-state index is 0.0187. The highest BCUT2D eigenvalue weighted by Gasteiger charge is 2.32. The van der Waals surface area contributed by atoms with Gasteiger partial charge < -0.3 is 19.3 Å². The summed E-state index contributed by atoms with van der Waals surface area (Å²) in [5.41, 5.74) is -0.110. The predicted molar refractivity (Wildman–Crippen MR) is 122 cm³/mol. The molecule has 2 aromatic carbocycles. The average molecular weight is 476 g/mol. The van der Waals surface area contributed by atoms with Gasteiger partial charge in [-0.15, -0.1) is 0 Å². The molecule has 2 amide bonds. The molecule has 0 N–H and O–H groups in total. The zero-order chi connectivity index (χ0) is 24.7. The second-order valence-corrected chi connectivity index (χ2v) is 7.79. The number of halogens is 3. The summed E-state index contributed by atoms with van der Waals surface area (Å²) in [6.45, 7) is 3.66. The molecule has 1 aliphatic rings. The van der Waals surface area contributed by atoms with Crippen LogP contribution in [0, 0.1) is 0 Å². The smallest absolute Gasteiger partial charge is 0.416 e. The Hall–Kier alpha value is -3.49. The largest absolute Gasteiger partial charge is 0.493 e. The molecule has 0 radical (unpaired) electrons. The number of hydrogen-bond acceptors (Lipinski definition) is 4. The molecule has 1 saturated heterocycles. The quantitative estimate of drug-likeness (QED) is 0.552. The van der Waals surface area contributed by atoms with Gasteiger partial charge in [0.25, 0.3) is 5.91 Å². The predicted octanol–water partition coefficient (Wildman–Crippen LogP) is 4.50. The van der Waals surface area contributed by atoms with E-state index in [4.69, 9.17) is 9.47 Å². The van der Waals surface area contributed by atoms with Gasteiger partial charge in [0.05, 0.1) is 19.3 Å². The molecule has 3 rings (SSSR count). The van der Waals surface area contributed by atoms with E-state index in [2.05, 4.69) is 0 Å². The van der Waals surface area contributed by atoms with Crippen molar-refractivity contribution in [2.24, 2.45) is 0 Å². The number of methoxy groups -OCH3 is 1. The SMILES string of the molecule is CCCOc1ccc(C=CC(=O)N2CCN(C(=O)c3cccc(C(F)(F)F)c3)CC2)cc1OC. The van der Waals surface area contributed by atoms with Crippen LogP contribution in [0.1, 0.15) is 34.8 Å². The van der Waals surface area contributed by atoms with E-state index in [-0.39, 0.29) is 24.6 Å². The van der Waals surface area contributed by atoms with Crippen LogP contribution >= 0.6 is 0 Å². The van der Waals surface area contributed by atoms with Gasteiger partial charge in [-0.05, 0) is 48.4 Å². The Morgan fingerprint density at radius 2 is 1.71 bits per heavy atom. The van der Waals surface area contributed by atoms with Crippen LogP contribution < -0.4 is 9.47 Å². The first-order valence-corrected chi connectivity index (χ1v) is 11.0. The second-order valence-electron chi connectivity index (χ2n) is 7.79. The Balaban J connectivity index is 1.57. The zero-order valence-corrected chi connectivity index (χ0v) is 19.1. The molecule has 182 valence electrons. The Morgan fingerprint density at radius 3 is 2.35 bits per heavy atom. The van der Waals surface area contributed by atoms with Gasteiger partial charge in [0.15, 0.2) is 11.5 Å². The molecule has 0 bridgehead atoms. The maximum Gasteiger partial charge on any atom is 0.416 e. The molecule has 2 aromatic rings. The van der Waals surface area contributed by atoms with Crippen LogP contribution in [0.15, 0.2) is 48.5 Å². The van der Waals surface area contributed by atoms with E-state index in [0.29, 0.717) is 31.2 Å². The number of alkyl halides is 3. The Morgan fingerprint density at radius 1 is 1.00 bits per heavy atom. The van der Waals surface area contributed by atoms with Crippen molar-refractivity contribution in [3.05, 3.63) is 65.2 Å².